The van der Waals surface area contributed by atoms with Crippen molar-refractivity contribution >= 4 is 22.8 Å². The monoisotopic (exact) mass is 486 g/mol. The van der Waals surface area contributed by atoms with E-state index < -0.39 is 6.36 Å². The van der Waals surface area contributed by atoms with Gasteiger partial charge in [-0.1, -0.05) is 45.7 Å². The molecule has 7 heteroatoms. The molecule has 0 unspecified atom stereocenters. The Kier molecular flexibility index (Phi) is 10.3. The van der Waals surface area contributed by atoms with Gasteiger partial charge >= 0.3 is 34.1 Å². The van der Waals surface area contributed by atoms with E-state index in [9.17, 15) is 13.2 Å². The summed E-state index contributed by atoms with van der Waals surface area (Å²) in [5, 5.41) is 1.11. The Balaban J connectivity index is 0.00000101. The maximum absolute atomic E-state index is 12.5. The van der Waals surface area contributed by atoms with Crippen LogP contribution in [0.1, 0.15) is 51.4 Å². The molecule has 0 radical (unpaired) electrons. The Bertz CT molecular complexity index is 487. The Morgan fingerprint density at radius 1 is 0.960 bits per heavy atom. The van der Waals surface area contributed by atoms with Gasteiger partial charge < -0.3 is 12.2 Å². The summed E-state index contributed by atoms with van der Waals surface area (Å²) >= 11 is 2.22. The first-order valence-electron chi connectivity index (χ1n) is 8.29. The van der Waals surface area contributed by atoms with Gasteiger partial charge in [0.05, 0.1) is 0 Å². The van der Waals surface area contributed by atoms with Crippen LogP contribution in [-0.2, 0) is 18.2 Å². The second kappa shape index (κ2) is 11.1. The Labute approximate surface area is 165 Å². The molecule has 1 aromatic carbocycles. The van der Waals surface area contributed by atoms with Gasteiger partial charge in [0.15, 0.2) is 0 Å². The predicted molar refractivity (Wildman–Crippen MR) is 96.5 cm³/mol. The molecule has 0 aliphatic heterocycles. The van der Waals surface area contributed by atoms with Crippen molar-refractivity contribution < 1.29 is 36.1 Å². The van der Waals surface area contributed by atoms with Crippen LogP contribution in [0.4, 0.5) is 13.2 Å². The first-order chi connectivity index (χ1) is 11.5. The van der Waals surface area contributed by atoms with Crippen molar-refractivity contribution in [1.29, 1.82) is 0 Å². The van der Waals surface area contributed by atoms with Gasteiger partial charge in [-0.25, -0.2) is 0 Å². The van der Waals surface area contributed by atoms with Crippen molar-refractivity contribution in [2.75, 3.05) is 0 Å². The molecule has 0 aromatic heterocycles. The third-order valence-electron chi connectivity index (χ3n) is 4.79. The summed E-state index contributed by atoms with van der Waals surface area (Å²) in [6.07, 6.45) is 5.45. The van der Waals surface area contributed by atoms with Gasteiger partial charge in [-0.3, -0.25) is 0 Å². The Morgan fingerprint density at radius 3 is 1.88 bits per heavy atom. The summed E-state index contributed by atoms with van der Waals surface area (Å²) in [6, 6.07) is 6.80. The summed E-state index contributed by atoms with van der Waals surface area (Å²) in [6.45, 7) is 0. The van der Waals surface area contributed by atoms with Crippen molar-refractivity contribution in [2.45, 2.75) is 69.0 Å². The summed E-state index contributed by atoms with van der Waals surface area (Å²) in [5.74, 6) is -0.0616. The molecule has 0 amide bonds. The van der Waals surface area contributed by atoms with E-state index in [4.69, 9.17) is 0 Å². The second-order valence-electron chi connectivity index (χ2n) is 6.33. The normalized spacial score (nSPS) is 18.7. The minimum atomic E-state index is -4.61. The topological polar surface area (TPSA) is 9.23 Å². The van der Waals surface area contributed by atoms with E-state index in [1.54, 1.807) is 12.1 Å². The molecule has 2 aliphatic rings. The fourth-order valence-electron chi connectivity index (χ4n) is 3.93. The Hall–Kier alpha value is 0.192. The van der Waals surface area contributed by atoms with Gasteiger partial charge in [0.1, 0.15) is 5.75 Å². The third kappa shape index (κ3) is 7.02. The minimum absolute atomic E-state index is 0. The van der Waals surface area contributed by atoms with E-state index in [-0.39, 0.29) is 21.1 Å². The zero-order valence-corrected chi connectivity index (χ0v) is 17.5. The standard InChI is InChI=1S/C17H22F3OP.CH3.ClH.Pd/c18-17(19,20)21-13-6-5-11-16(12-13)22(14-7-1-2-8-14)15-9-3-4-10-15;;;/h5-6,11-12,14-15H,1-4,7-10H2;1H3;1H;/q;-1;;+2/p-1. The zero-order valence-electron chi connectivity index (χ0n) is 14.3. The SMILES string of the molecule is FC(F)(F)Oc1cccc(P(C2CCCC2)C2CCCC2)c1.[CH3-].[Cl][Pd+]. The van der Waals surface area contributed by atoms with E-state index in [1.165, 1.54) is 57.4 Å². The van der Waals surface area contributed by atoms with Crippen LogP contribution in [0.25, 0.3) is 0 Å². The van der Waals surface area contributed by atoms with Crippen LogP contribution in [-0.4, -0.2) is 17.7 Å². The average Bonchev–Trinajstić information content (AvgIpc) is 3.22. The van der Waals surface area contributed by atoms with E-state index >= 15 is 0 Å². The molecule has 0 spiro atoms. The van der Waals surface area contributed by atoms with Crippen LogP contribution in [0, 0.1) is 7.43 Å². The first-order valence-corrected chi connectivity index (χ1v) is 11.8. The summed E-state index contributed by atoms with van der Waals surface area (Å²) in [7, 11) is 4.13. The number of rotatable bonds is 4. The van der Waals surface area contributed by atoms with Crippen molar-refractivity contribution in [3.8, 4) is 5.75 Å². The van der Waals surface area contributed by atoms with Gasteiger partial charge in [-0.2, -0.15) is 0 Å². The van der Waals surface area contributed by atoms with Gasteiger partial charge in [0.25, 0.3) is 0 Å². The average molecular weight is 487 g/mol. The number of alkyl halides is 3. The third-order valence-corrected chi connectivity index (χ3v) is 8.27. The molecule has 0 saturated heterocycles. The van der Waals surface area contributed by atoms with Crippen molar-refractivity contribution in [3.63, 3.8) is 0 Å². The van der Waals surface area contributed by atoms with Crippen LogP contribution in [0.15, 0.2) is 24.3 Å². The molecule has 3 rings (SSSR count). The summed E-state index contributed by atoms with van der Waals surface area (Å²) in [5.41, 5.74) is 1.39. The number of benzene rings is 1. The molecular weight excluding hydrogens is 462 g/mol. The van der Waals surface area contributed by atoms with E-state index in [0.717, 1.165) is 5.30 Å². The number of hydrogen-bond donors (Lipinski definition) is 0. The quantitative estimate of drug-likeness (QED) is 0.261. The molecule has 25 heavy (non-hydrogen) atoms. The van der Waals surface area contributed by atoms with E-state index in [1.807, 2.05) is 6.07 Å². The maximum atomic E-state index is 12.5. The zero-order chi connectivity index (χ0) is 17.6. The number of ether oxygens (including phenoxy) is 1. The molecule has 146 valence electrons. The van der Waals surface area contributed by atoms with E-state index in [0.29, 0.717) is 11.3 Å². The van der Waals surface area contributed by atoms with Gasteiger partial charge in [0.2, 0.25) is 0 Å². The van der Waals surface area contributed by atoms with Crippen molar-refractivity contribution in [2.24, 2.45) is 0 Å². The fourth-order valence-corrected chi connectivity index (χ4v) is 7.74. The molecule has 0 N–H and O–H groups in total. The summed E-state index contributed by atoms with van der Waals surface area (Å²) in [4.78, 5) is 0. The van der Waals surface area contributed by atoms with Crippen molar-refractivity contribution in [1.82, 2.24) is 0 Å². The van der Waals surface area contributed by atoms with Gasteiger partial charge in [-0.05, 0) is 54.4 Å². The summed E-state index contributed by atoms with van der Waals surface area (Å²) < 4.78 is 41.5. The van der Waals surface area contributed by atoms with Crippen molar-refractivity contribution in [3.05, 3.63) is 31.7 Å². The number of halogens is 4. The van der Waals surface area contributed by atoms with Gasteiger partial charge in [0, 0.05) is 0 Å². The molecular formula is C18H25ClF3OPPd. The van der Waals surface area contributed by atoms with Crippen LogP contribution < -0.4 is 10.0 Å². The fraction of sp³-hybridized carbons (Fsp3) is 0.611. The molecule has 1 aromatic rings. The molecule has 0 bridgehead atoms. The first kappa shape index (κ1) is 23.2. The van der Waals surface area contributed by atoms with E-state index in [2.05, 4.69) is 32.4 Å². The molecule has 1 nitrogen and oxygen atoms in total. The molecule has 0 atom stereocenters. The molecule has 2 saturated carbocycles. The van der Waals surface area contributed by atoms with Crippen LogP contribution in [0.5, 0.6) is 5.75 Å². The van der Waals surface area contributed by atoms with Gasteiger partial charge in [-0.15, -0.1) is 13.2 Å². The van der Waals surface area contributed by atoms with Crippen LogP contribution in [0.2, 0.25) is 0 Å². The molecule has 2 fully saturated rings. The van der Waals surface area contributed by atoms with Crippen LogP contribution >= 0.6 is 17.5 Å². The predicted octanol–water partition coefficient (Wildman–Crippen LogP) is 6.71. The Morgan fingerprint density at radius 2 is 1.44 bits per heavy atom. The number of hydrogen-bond acceptors (Lipinski definition) is 1. The molecule has 0 heterocycles. The second-order valence-corrected chi connectivity index (χ2v) is 9.12. The molecule has 2 aliphatic carbocycles. The van der Waals surface area contributed by atoms with Crippen LogP contribution in [0.3, 0.4) is 0 Å².